The molecule has 0 saturated carbocycles. The Morgan fingerprint density at radius 3 is 2.50 bits per heavy atom. The van der Waals surface area contributed by atoms with Crippen molar-refractivity contribution in [1.82, 2.24) is 14.7 Å². The highest BCUT2D eigenvalue weighted by molar-refractivity contribution is 7.89. The number of H-pyrrole nitrogens is 1. The predicted molar refractivity (Wildman–Crippen MR) is 71.8 cm³/mol. The van der Waals surface area contributed by atoms with Crippen LogP contribution in [-0.2, 0) is 16.4 Å². The highest BCUT2D eigenvalue weighted by atomic mass is 32.2. The number of hydrogen-bond acceptors (Lipinski definition) is 3. The number of nitrogens with zero attached hydrogens (tertiary/aromatic N) is 1. The Balaban J connectivity index is 2.77. The van der Waals surface area contributed by atoms with Crippen LogP contribution in [0.3, 0.4) is 0 Å². The molecule has 0 atom stereocenters. The van der Waals surface area contributed by atoms with E-state index in [2.05, 4.69) is 28.5 Å². The fraction of sp³-hybridized carbons (Fsp3) is 0.750. The smallest absolute Gasteiger partial charge is 0.257 e. The van der Waals surface area contributed by atoms with Crippen LogP contribution in [-0.4, -0.2) is 24.9 Å². The minimum Gasteiger partial charge on any atom is -0.332 e. The third-order valence-electron chi connectivity index (χ3n) is 3.51. The molecule has 0 spiro atoms. The van der Waals surface area contributed by atoms with Gasteiger partial charge in [0.05, 0.1) is 6.20 Å². The molecule has 1 aromatic rings. The summed E-state index contributed by atoms with van der Waals surface area (Å²) >= 11 is 0. The van der Waals surface area contributed by atoms with Gasteiger partial charge in [0.1, 0.15) is 5.82 Å². The summed E-state index contributed by atoms with van der Waals surface area (Å²) < 4.78 is 26.7. The van der Waals surface area contributed by atoms with E-state index >= 15 is 0 Å². The van der Waals surface area contributed by atoms with E-state index in [4.69, 9.17) is 0 Å². The molecule has 0 radical (unpaired) electrons. The van der Waals surface area contributed by atoms with Crippen LogP contribution in [0.2, 0.25) is 0 Å². The van der Waals surface area contributed by atoms with E-state index in [0.29, 0.717) is 24.7 Å². The summed E-state index contributed by atoms with van der Waals surface area (Å²) in [5, 5.41) is 0.138. The summed E-state index contributed by atoms with van der Waals surface area (Å²) in [4.78, 5) is 6.81. The summed E-state index contributed by atoms with van der Waals surface area (Å²) in [5.74, 6) is 1.08. The Kier molecular flexibility index (Phi) is 4.55. The second-order valence-corrected chi connectivity index (χ2v) is 7.25. The zero-order chi connectivity index (χ0) is 14.0. The summed E-state index contributed by atoms with van der Waals surface area (Å²) in [6.07, 6.45) is 2.05. The van der Waals surface area contributed by atoms with E-state index < -0.39 is 10.0 Å². The van der Waals surface area contributed by atoms with Crippen molar-refractivity contribution in [3.05, 3.63) is 12.0 Å². The van der Waals surface area contributed by atoms with Crippen LogP contribution in [0.1, 0.15) is 40.4 Å². The van der Waals surface area contributed by atoms with Crippen molar-refractivity contribution in [2.75, 3.05) is 6.54 Å². The number of nitrogens with one attached hydrogen (secondary N) is 2. The van der Waals surface area contributed by atoms with Crippen LogP contribution in [0.5, 0.6) is 0 Å². The van der Waals surface area contributed by atoms with Gasteiger partial charge in [-0.1, -0.05) is 34.6 Å². The largest absolute Gasteiger partial charge is 0.332 e. The number of aryl methyl sites for hydroxylation is 1. The van der Waals surface area contributed by atoms with Crippen molar-refractivity contribution in [3.8, 4) is 0 Å². The van der Waals surface area contributed by atoms with Gasteiger partial charge in [-0.15, -0.1) is 0 Å². The van der Waals surface area contributed by atoms with Crippen molar-refractivity contribution in [2.24, 2.45) is 11.3 Å². The third kappa shape index (κ3) is 3.55. The molecule has 1 aromatic heterocycles. The quantitative estimate of drug-likeness (QED) is 0.831. The number of imidazole rings is 1. The first-order valence-corrected chi connectivity index (χ1v) is 7.71. The fourth-order valence-corrected chi connectivity index (χ4v) is 2.38. The van der Waals surface area contributed by atoms with Gasteiger partial charge in [-0.2, -0.15) is 0 Å². The Morgan fingerprint density at radius 2 is 2.06 bits per heavy atom. The topological polar surface area (TPSA) is 74.8 Å². The molecule has 2 N–H and O–H groups in total. The van der Waals surface area contributed by atoms with Gasteiger partial charge in [0.15, 0.2) is 5.03 Å². The summed E-state index contributed by atoms with van der Waals surface area (Å²) in [6, 6.07) is 0. The molecule has 0 unspecified atom stereocenters. The first kappa shape index (κ1) is 15.2. The lowest BCUT2D eigenvalue weighted by atomic mass is 9.81. The summed E-state index contributed by atoms with van der Waals surface area (Å²) in [7, 11) is -3.48. The van der Waals surface area contributed by atoms with Gasteiger partial charge in [-0.05, 0) is 11.3 Å². The van der Waals surface area contributed by atoms with Crippen LogP contribution >= 0.6 is 0 Å². The predicted octanol–water partition coefficient (Wildman–Crippen LogP) is 1.93. The van der Waals surface area contributed by atoms with E-state index in [9.17, 15) is 8.42 Å². The molecule has 0 fully saturated rings. The van der Waals surface area contributed by atoms with Crippen LogP contribution in [0.4, 0.5) is 0 Å². The lowest BCUT2D eigenvalue weighted by Crippen LogP contribution is -2.37. The standard InChI is InChI=1S/C12H23N3O2S/c1-6-10-13-7-11(15-10)18(16,17)14-8-12(4,5)9(2)3/h7,9,14H,6,8H2,1-5H3,(H,13,15). The molecule has 1 rings (SSSR count). The normalized spacial score (nSPS) is 13.2. The Bertz CT molecular complexity index is 489. The van der Waals surface area contributed by atoms with Crippen molar-refractivity contribution in [3.63, 3.8) is 0 Å². The minimum atomic E-state index is -3.48. The average Bonchev–Trinajstić information content (AvgIpc) is 2.75. The van der Waals surface area contributed by atoms with Crippen LogP contribution in [0.25, 0.3) is 0 Å². The number of rotatable bonds is 6. The zero-order valence-electron chi connectivity index (χ0n) is 11.7. The first-order valence-electron chi connectivity index (χ1n) is 6.22. The van der Waals surface area contributed by atoms with Gasteiger partial charge in [-0.3, -0.25) is 0 Å². The molecule has 0 amide bonds. The molecule has 0 aliphatic heterocycles. The Morgan fingerprint density at radius 1 is 1.44 bits per heavy atom. The lowest BCUT2D eigenvalue weighted by Gasteiger charge is -2.29. The highest BCUT2D eigenvalue weighted by Gasteiger charge is 2.26. The average molecular weight is 273 g/mol. The molecule has 104 valence electrons. The molecule has 0 aliphatic rings. The van der Waals surface area contributed by atoms with Crippen molar-refractivity contribution < 1.29 is 8.42 Å². The highest BCUT2D eigenvalue weighted by Crippen LogP contribution is 2.25. The van der Waals surface area contributed by atoms with E-state index in [1.54, 1.807) is 0 Å². The first-order chi connectivity index (χ1) is 8.19. The van der Waals surface area contributed by atoms with Crippen molar-refractivity contribution in [2.45, 2.75) is 46.1 Å². The van der Waals surface area contributed by atoms with E-state index in [1.807, 2.05) is 20.8 Å². The zero-order valence-corrected chi connectivity index (χ0v) is 12.6. The second-order valence-electron chi connectivity index (χ2n) is 5.52. The monoisotopic (exact) mass is 273 g/mol. The molecule has 0 saturated heterocycles. The molecule has 1 heterocycles. The Labute approximate surface area is 109 Å². The van der Waals surface area contributed by atoms with Gasteiger partial charge in [-0.25, -0.2) is 18.1 Å². The van der Waals surface area contributed by atoms with Crippen LogP contribution in [0, 0.1) is 11.3 Å². The summed E-state index contributed by atoms with van der Waals surface area (Å²) in [5.41, 5.74) is -0.0827. The molecule has 5 nitrogen and oxygen atoms in total. The summed E-state index contributed by atoms with van der Waals surface area (Å²) in [6.45, 7) is 10.6. The molecule has 0 bridgehead atoms. The SMILES string of the molecule is CCc1ncc(S(=O)(=O)NCC(C)(C)C(C)C)[nH]1. The molecule has 6 heteroatoms. The fourth-order valence-electron chi connectivity index (χ4n) is 1.22. The van der Waals surface area contributed by atoms with Crippen LogP contribution < -0.4 is 4.72 Å². The lowest BCUT2D eigenvalue weighted by molar-refractivity contribution is 0.252. The second kappa shape index (κ2) is 5.40. The van der Waals surface area contributed by atoms with Crippen molar-refractivity contribution >= 4 is 10.0 Å². The van der Waals surface area contributed by atoms with Gasteiger partial charge in [0, 0.05) is 13.0 Å². The van der Waals surface area contributed by atoms with Gasteiger partial charge in [0.25, 0.3) is 10.0 Å². The number of aromatic nitrogens is 2. The van der Waals surface area contributed by atoms with Gasteiger partial charge >= 0.3 is 0 Å². The van der Waals surface area contributed by atoms with E-state index in [0.717, 1.165) is 0 Å². The maximum Gasteiger partial charge on any atom is 0.257 e. The number of aromatic amines is 1. The van der Waals surface area contributed by atoms with E-state index in [-0.39, 0.29) is 10.4 Å². The van der Waals surface area contributed by atoms with Crippen LogP contribution in [0.15, 0.2) is 11.2 Å². The Hall–Kier alpha value is -0.880. The number of sulfonamides is 1. The maximum absolute atomic E-state index is 12.0. The molecular weight excluding hydrogens is 250 g/mol. The molecule has 18 heavy (non-hydrogen) atoms. The van der Waals surface area contributed by atoms with Crippen molar-refractivity contribution in [1.29, 1.82) is 0 Å². The minimum absolute atomic E-state index is 0.0827. The van der Waals surface area contributed by atoms with Gasteiger partial charge in [0.2, 0.25) is 0 Å². The number of hydrogen-bond donors (Lipinski definition) is 2. The van der Waals surface area contributed by atoms with E-state index in [1.165, 1.54) is 6.20 Å². The maximum atomic E-state index is 12.0. The molecular formula is C12H23N3O2S. The molecule has 0 aliphatic carbocycles. The van der Waals surface area contributed by atoms with Gasteiger partial charge < -0.3 is 4.98 Å². The molecule has 0 aromatic carbocycles. The third-order valence-corrected chi connectivity index (χ3v) is 4.82.